The highest BCUT2D eigenvalue weighted by Crippen LogP contribution is 2.36. The Morgan fingerprint density at radius 1 is 1.24 bits per heavy atom. The van der Waals surface area contributed by atoms with Crippen LogP contribution in [-0.2, 0) is 0 Å². The van der Waals surface area contributed by atoms with E-state index in [1.165, 1.54) is 41.1 Å². The number of ether oxygens (including phenoxy) is 1. The number of fused-ring (bicyclic) bond motifs is 1. The summed E-state index contributed by atoms with van der Waals surface area (Å²) < 4.78 is 59.6. The monoisotopic (exact) mass is 516 g/mol. The van der Waals surface area contributed by atoms with E-state index in [-0.39, 0.29) is 16.8 Å². The van der Waals surface area contributed by atoms with Gasteiger partial charge in [0.25, 0.3) is 0 Å². The standard InChI is InChI=1S/C25H24F4N6O2/c1-14(18-10-16(17-4-2-3-5-19(17)26)6-7-21(18)37-25(27,28)29)35-22-20(33-24(35)36)13-32-23(34-22)31-12-15-8-9-30-11-15/h2-7,10,13-15,30H,8-9,11-12H2,1H3,(H,33,36)(H,31,32,34)/t14-,15-/m1/s1. The summed E-state index contributed by atoms with van der Waals surface area (Å²) in [6, 6.07) is 8.83. The predicted molar refractivity (Wildman–Crippen MR) is 130 cm³/mol. The zero-order chi connectivity index (χ0) is 26.2. The van der Waals surface area contributed by atoms with Crippen LogP contribution < -0.4 is 21.1 Å². The lowest BCUT2D eigenvalue weighted by Crippen LogP contribution is -2.24. The topological polar surface area (TPSA) is 96.9 Å². The third-order valence-electron chi connectivity index (χ3n) is 6.43. The molecule has 37 heavy (non-hydrogen) atoms. The lowest BCUT2D eigenvalue weighted by Gasteiger charge is -2.20. The fraction of sp³-hybridized carbons (Fsp3) is 0.320. The van der Waals surface area contributed by atoms with Crippen LogP contribution in [0, 0.1) is 11.7 Å². The Bertz CT molecular complexity index is 1480. The fourth-order valence-corrected chi connectivity index (χ4v) is 4.58. The Morgan fingerprint density at radius 3 is 2.78 bits per heavy atom. The number of nitrogens with zero attached hydrogens (tertiary/aromatic N) is 3. The molecule has 2 atom stereocenters. The second kappa shape index (κ2) is 9.85. The number of H-pyrrole nitrogens is 1. The van der Waals surface area contributed by atoms with Gasteiger partial charge in [-0.15, -0.1) is 13.2 Å². The van der Waals surface area contributed by atoms with Crippen molar-refractivity contribution in [2.45, 2.75) is 25.7 Å². The van der Waals surface area contributed by atoms with E-state index >= 15 is 0 Å². The van der Waals surface area contributed by atoms with Crippen molar-refractivity contribution in [3.05, 3.63) is 70.5 Å². The van der Waals surface area contributed by atoms with Crippen molar-refractivity contribution in [2.75, 3.05) is 25.0 Å². The average Bonchev–Trinajstić information content (AvgIpc) is 3.49. The second-order valence-electron chi connectivity index (χ2n) is 8.93. The molecule has 3 heterocycles. The van der Waals surface area contributed by atoms with Gasteiger partial charge in [0, 0.05) is 17.7 Å². The summed E-state index contributed by atoms with van der Waals surface area (Å²) in [5.41, 5.74) is 0.539. The molecule has 0 unspecified atom stereocenters. The van der Waals surface area contributed by atoms with Crippen LogP contribution in [-0.4, -0.2) is 45.5 Å². The first kappa shape index (κ1) is 24.8. The molecule has 0 radical (unpaired) electrons. The van der Waals surface area contributed by atoms with Gasteiger partial charge in [-0.25, -0.2) is 14.2 Å². The summed E-state index contributed by atoms with van der Waals surface area (Å²) in [7, 11) is 0. The highest BCUT2D eigenvalue weighted by atomic mass is 19.4. The highest BCUT2D eigenvalue weighted by molar-refractivity contribution is 5.72. The third-order valence-corrected chi connectivity index (χ3v) is 6.43. The fourth-order valence-electron chi connectivity index (χ4n) is 4.58. The van der Waals surface area contributed by atoms with Gasteiger partial charge in [0.1, 0.15) is 17.1 Å². The van der Waals surface area contributed by atoms with Crippen LogP contribution in [0.5, 0.6) is 5.75 Å². The number of rotatable bonds is 7. The first-order chi connectivity index (χ1) is 17.7. The molecule has 1 fully saturated rings. The number of aromatic nitrogens is 4. The smallest absolute Gasteiger partial charge is 0.405 e. The number of hydrogen-bond donors (Lipinski definition) is 3. The maximum Gasteiger partial charge on any atom is 0.573 e. The number of anilines is 1. The number of aromatic amines is 1. The Kier molecular flexibility index (Phi) is 6.59. The van der Waals surface area contributed by atoms with Crippen molar-refractivity contribution >= 4 is 17.1 Å². The molecule has 2 aromatic carbocycles. The Labute approximate surface area is 208 Å². The van der Waals surface area contributed by atoms with E-state index in [9.17, 15) is 22.4 Å². The van der Waals surface area contributed by atoms with Crippen LogP contribution in [0.15, 0.2) is 53.5 Å². The molecule has 0 spiro atoms. The van der Waals surface area contributed by atoms with E-state index in [1.54, 1.807) is 13.0 Å². The molecule has 12 heteroatoms. The molecule has 4 aromatic rings. The molecule has 3 N–H and O–H groups in total. The maximum atomic E-state index is 14.5. The first-order valence-corrected chi connectivity index (χ1v) is 11.8. The zero-order valence-corrected chi connectivity index (χ0v) is 19.8. The van der Waals surface area contributed by atoms with E-state index in [0.29, 0.717) is 29.5 Å². The molecule has 0 saturated carbocycles. The molecular formula is C25H24F4N6O2. The Balaban J connectivity index is 1.56. The summed E-state index contributed by atoms with van der Waals surface area (Å²) in [6.07, 6.45) is -2.50. The van der Waals surface area contributed by atoms with Gasteiger partial charge in [0.15, 0.2) is 5.65 Å². The Hall–Kier alpha value is -3.93. The van der Waals surface area contributed by atoms with Gasteiger partial charge in [-0.3, -0.25) is 4.57 Å². The van der Waals surface area contributed by atoms with Gasteiger partial charge in [-0.2, -0.15) is 4.98 Å². The van der Waals surface area contributed by atoms with Crippen molar-refractivity contribution in [3.8, 4) is 16.9 Å². The van der Waals surface area contributed by atoms with Gasteiger partial charge >= 0.3 is 12.1 Å². The number of nitrogens with one attached hydrogen (secondary N) is 3. The minimum atomic E-state index is -4.96. The van der Waals surface area contributed by atoms with Crippen molar-refractivity contribution in [1.29, 1.82) is 0 Å². The first-order valence-electron chi connectivity index (χ1n) is 11.8. The number of alkyl halides is 3. The van der Waals surface area contributed by atoms with Gasteiger partial charge in [-0.05, 0) is 56.1 Å². The second-order valence-corrected chi connectivity index (χ2v) is 8.93. The predicted octanol–water partition coefficient (Wildman–Crippen LogP) is 4.46. The number of halogens is 4. The van der Waals surface area contributed by atoms with E-state index < -0.39 is 29.7 Å². The summed E-state index contributed by atoms with van der Waals surface area (Å²) in [4.78, 5) is 24.3. The van der Waals surface area contributed by atoms with Crippen LogP contribution in [0.4, 0.5) is 23.5 Å². The van der Waals surface area contributed by atoms with E-state index in [0.717, 1.165) is 25.6 Å². The van der Waals surface area contributed by atoms with Crippen molar-refractivity contribution in [2.24, 2.45) is 5.92 Å². The van der Waals surface area contributed by atoms with E-state index in [1.807, 2.05) is 0 Å². The van der Waals surface area contributed by atoms with Crippen LogP contribution in [0.3, 0.4) is 0 Å². The van der Waals surface area contributed by atoms with Crippen LogP contribution in [0.25, 0.3) is 22.3 Å². The average molecular weight is 516 g/mol. The SMILES string of the molecule is C[C@H](c1cc(-c2ccccc2F)ccc1OC(F)(F)F)n1c(=O)[nH]c2cnc(NC[C@@H]3CCNC3)nc21. The van der Waals surface area contributed by atoms with Crippen molar-refractivity contribution in [1.82, 2.24) is 24.8 Å². The van der Waals surface area contributed by atoms with Crippen LogP contribution in [0.2, 0.25) is 0 Å². The minimum absolute atomic E-state index is 0.0335. The van der Waals surface area contributed by atoms with Crippen LogP contribution in [0.1, 0.15) is 24.9 Å². The lowest BCUT2D eigenvalue weighted by atomic mass is 9.98. The van der Waals surface area contributed by atoms with E-state index in [2.05, 4.69) is 30.3 Å². The number of imidazole rings is 1. The highest BCUT2D eigenvalue weighted by Gasteiger charge is 2.33. The molecule has 0 amide bonds. The van der Waals surface area contributed by atoms with Gasteiger partial charge in [0.2, 0.25) is 5.95 Å². The molecular weight excluding hydrogens is 492 g/mol. The molecule has 8 nitrogen and oxygen atoms in total. The summed E-state index contributed by atoms with van der Waals surface area (Å²) in [6.45, 7) is 4.01. The zero-order valence-electron chi connectivity index (χ0n) is 19.8. The third kappa shape index (κ3) is 5.29. The molecule has 1 saturated heterocycles. The molecule has 194 valence electrons. The van der Waals surface area contributed by atoms with Crippen molar-refractivity contribution in [3.63, 3.8) is 0 Å². The van der Waals surface area contributed by atoms with Crippen LogP contribution >= 0.6 is 0 Å². The van der Waals surface area contributed by atoms with Gasteiger partial charge in [0.05, 0.1) is 12.2 Å². The number of hydrogen-bond acceptors (Lipinski definition) is 6. The molecule has 0 aliphatic carbocycles. The van der Waals surface area contributed by atoms with Crippen molar-refractivity contribution < 1.29 is 22.3 Å². The summed E-state index contributed by atoms with van der Waals surface area (Å²) in [5, 5.41) is 6.44. The van der Waals surface area contributed by atoms with Gasteiger partial charge in [-0.1, -0.05) is 24.3 Å². The number of benzene rings is 2. The molecule has 1 aliphatic heterocycles. The lowest BCUT2D eigenvalue weighted by molar-refractivity contribution is -0.275. The van der Waals surface area contributed by atoms with E-state index in [4.69, 9.17) is 0 Å². The normalized spacial score (nSPS) is 16.7. The Morgan fingerprint density at radius 2 is 2.05 bits per heavy atom. The summed E-state index contributed by atoms with van der Waals surface area (Å²) in [5.74, 6) is -0.320. The molecule has 1 aliphatic rings. The molecule has 2 aromatic heterocycles. The largest absolute Gasteiger partial charge is 0.573 e. The maximum absolute atomic E-state index is 14.5. The minimum Gasteiger partial charge on any atom is -0.405 e. The molecule has 0 bridgehead atoms. The van der Waals surface area contributed by atoms with Gasteiger partial charge < -0.3 is 20.4 Å². The summed E-state index contributed by atoms with van der Waals surface area (Å²) >= 11 is 0. The molecule has 5 rings (SSSR count). The quantitative estimate of drug-likeness (QED) is 0.314.